The minimum Gasteiger partial charge on any atom is -0.457 e. The molecule has 6 rings (SSSR count). The number of rotatable bonds is 8. The first-order valence-corrected chi connectivity index (χ1v) is 14.5. The molecule has 0 aliphatic carbocycles. The van der Waals surface area contributed by atoms with Crippen LogP contribution in [0.4, 0.5) is 4.39 Å². The molecule has 0 saturated carbocycles. The molecule has 2 amide bonds. The van der Waals surface area contributed by atoms with E-state index in [0.29, 0.717) is 22.2 Å². The van der Waals surface area contributed by atoms with E-state index >= 15 is 0 Å². The lowest BCUT2D eigenvalue weighted by Crippen LogP contribution is -2.50. The van der Waals surface area contributed by atoms with Gasteiger partial charge in [-0.2, -0.15) is 4.39 Å². The molecular formula is C31H27FN6O9. The summed E-state index contributed by atoms with van der Waals surface area (Å²) in [5.74, 6) is -4.86. The van der Waals surface area contributed by atoms with E-state index in [9.17, 15) is 38.0 Å². The number of esters is 2. The van der Waals surface area contributed by atoms with Gasteiger partial charge in [0, 0.05) is 16.5 Å². The third-order valence-corrected chi connectivity index (χ3v) is 8.13. The van der Waals surface area contributed by atoms with Crippen LogP contribution < -0.4 is 27.4 Å². The van der Waals surface area contributed by atoms with E-state index in [0.717, 1.165) is 16.5 Å². The van der Waals surface area contributed by atoms with Crippen molar-refractivity contribution < 1.29 is 33.0 Å². The molecule has 0 saturated heterocycles. The Morgan fingerprint density at radius 2 is 1.94 bits per heavy atom. The van der Waals surface area contributed by atoms with Gasteiger partial charge in [-0.1, -0.05) is 25.1 Å². The zero-order valence-corrected chi connectivity index (χ0v) is 25.0. The summed E-state index contributed by atoms with van der Waals surface area (Å²) in [6, 6.07) is 9.86. The first-order valence-electron chi connectivity index (χ1n) is 14.5. The lowest BCUT2D eigenvalue weighted by atomic mass is 9.85. The van der Waals surface area contributed by atoms with Crippen LogP contribution in [0.1, 0.15) is 37.0 Å². The predicted octanol–water partition coefficient (Wildman–Crippen LogP) is -0.0593. The number of aromatic amines is 1. The molecule has 4 aromatic rings. The number of para-hydroxylation sites is 1. The maximum absolute atomic E-state index is 13.7. The molecule has 2 atom stereocenters. The third kappa shape index (κ3) is 5.47. The van der Waals surface area contributed by atoms with E-state index in [1.54, 1.807) is 18.0 Å². The highest BCUT2D eigenvalue weighted by atomic mass is 19.1. The van der Waals surface area contributed by atoms with Crippen molar-refractivity contribution >= 4 is 34.7 Å². The normalized spacial score (nSPS) is 16.8. The number of cyclic esters (lactones) is 1. The number of benzene rings is 1. The Labute approximate surface area is 263 Å². The maximum Gasteiger partial charge on any atom is 0.355 e. The van der Waals surface area contributed by atoms with Crippen molar-refractivity contribution in [3.05, 3.63) is 96.3 Å². The molecule has 0 radical (unpaired) electrons. The van der Waals surface area contributed by atoms with Crippen molar-refractivity contribution in [1.29, 1.82) is 0 Å². The van der Waals surface area contributed by atoms with Gasteiger partial charge in [0.15, 0.2) is 0 Å². The smallest absolute Gasteiger partial charge is 0.355 e. The Morgan fingerprint density at radius 3 is 2.70 bits per heavy atom. The number of carbonyl (C=O) groups is 4. The van der Waals surface area contributed by atoms with Crippen molar-refractivity contribution in [2.24, 2.45) is 0 Å². The van der Waals surface area contributed by atoms with Gasteiger partial charge in [-0.15, -0.1) is 0 Å². The zero-order valence-electron chi connectivity index (χ0n) is 25.0. The van der Waals surface area contributed by atoms with Crippen molar-refractivity contribution in [2.45, 2.75) is 51.6 Å². The zero-order chi connectivity index (χ0) is 33.6. The van der Waals surface area contributed by atoms with Gasteiger partial charge in [0.25, 0.3) is 11.1 Å². The van der Waals surface area contributed by atoms with E-state index in [4.69, 9.17) is 14.5 Å². The lowest BCUT2D eigenvalue weighted by molar-refractivity contribution is -0.189. The number of fused-ring (bicyclic) bond motifs is 5. The second kappa shape index (κ2) is 11.8. The Kier molecular flexibility index (Phi) is 7.78. The van der Waals surface area contributed by atoms with Crippen LogP contribution in [0.25, 0.3) is 22.3 Å². The largest absolute Gasteiger partial charge is 0.457 e. The first-order chi connectivity index (χ1) is 22.4. The molecule has 2 aliphatic rings. The third-order valence-electron chi connectivity index (χ3n) is 8.13. The molecule has 3 N–H and O–H groups in total. The number of amides is 2. The van der Waals surface area contributed by atoms with Crippen LogP contribution in [0.2, 0.25) is 0 Å². The summed E-state index contributed by atoms with van der Waals surface area (Å²) < 4.78 is 26.6. The summed E-state index contributed by atoms with van der Waals surface area (Å²) >= 11 is 0. The Hall–Kier alpha value is -5.93. The monoisotopic (exact) mass is 646 g/mol. The van der Waals surface area contributed by atoms with Crippen LogP contribution in [-0.2, 0) is 53.9 Å². The van der Waals surface area contributed by atoms with Crippen molar-refractivity contribution in [2.75, 3.05) is 6.54 Å². The second-order valence-corrected chi connectivity index (χ2v) is 11.1. The van der Waals surface area contributed by atoms with Crippen molar-refractivity contribution in [1.82, 2.24) is 29.7 Å². The van der Waals surface area contributed by atoms with Gasteiger partial charge in [0.05, 0.1) is 35.2 Å². The fourth-order valence-corrected chi connectivity index (χ4v) is 5.73. The SMILES string of the molecule is CC[C@@]1(OC(=O)CNC(=O)[C@H](C)NC(=O)Cn2cc(F)c(=O)[nH]c2=O)C(=O)OCc2c1cc1n(c2=O)Cc2cc3ccccc3nc2-1. The van der Waals surface area contributed by atoms with Gasteiger partial charge in [0.2, 0.25) is 23.2 Å². The van der Waals surface area contributed by atoms with Crippen LogP contribution in [0.3, 0.4) is 0 Å². The van der Waals surface area contributed by atoms with Gasteiger partial charge < -0.3 is 24.7 Å². The Balaban J connectivity index is 1.18. The van der Waals surface area contributed by atoms with Crippen LogP contribution in [0, 0.1) is 5.82 Å². The fraction of sp³-hybridized carbons (Fsp3) is 0.290. The molecule has 47 heavy (non-hydrogen) atoms. The minimum absolute atomic E-state index is 0.0867. The number of halogens is 1. The van der Waals surface area contributed by atoms with Crippen LogP contribution in [0.15, 0.2) is 57.0 Å². The fourth-order valence-electron chi connectivity index (χ4n) is 5.73. The Bertz CT molecular complexity index is 2190. The van der Waals surface area contributed by atoms with Gasteiger partial charge in [-0.25, -0.2) is 14.6 Å². The average molecular weight is 647 g/mol. The standard InChI is InChI=1S/C31H27FN6O9/c1-3-31(47-24(40)10-33-26(41)15(2)34-23(39)13-37-12-20(32)27(42)36-30(37)45)19-9-22-25-17(8-16-6-4-5-7-21(16)35-25)11-38(22)28(43)18(19)14-46-29(31)44/h4-9,12,15H,3,10-11,13-14H2,1-2H3,(H,33,41)(H,34,39)(H,36,42,45)/t15-,31-/m0/s1. The lowest BCUT2D eigenvalue weighted by Gasteiger charge is -2.35. The molecular weight excluding hydrogens is 619 g/mol. The van der Waals surface area contributed by atoms with E-state index < -0.39 is 71.1 Å². The molecule has 0 fully saturated rings. The Morgan fingerprint density at radius 1 is 1.17 bits per heavy atom. The van der Waals surface area contributed by atoms with Crippen LogP contribution >= 0.6 is 0 Å². The molecule has 0 bridgehead atoms. The summed E-state index contributed by atoms with van der Waals surface area (Å²) in [7, 11) is 0. The van der Waals surface area contributed by atoms with E-state index in [-0.39, 0.29) is 30.7 Å². The number of aromatic nitrogens is 4. The first kappa shape index (κ1) is 31.1. The number of hydrogen-bond donors (Lipinski definition) is 3. The molecule has 0 unspecified atom stereocenters. The van der Waals surface area contributed by atoms with E-state index in [2.05, 4.69) is 10.6 Å². The maximum atomic E-state index is 13.7. The van der Waals surface area contributed by atoms with Crippen LogP contribution in [-0.4, -0.2) is 55.4 Å². The summed E-state index contributed by atoms with van der Waals surface area (Å²) in [6.07, 6.45) is 0.468. The number of nitrogens with zero attached hydrogens (tertiary/aromatic N) is 3. The molecule has 5 heterocycles. The summed E-state index contributed by atoms with van der Waals surface area (Å²) in [4.78, 5) is 94.3. The number of nitrogens with one attached hydrogen (secondary N) is 3. The van der Waals surface area contributed by atoms with Gasteiger partial charge in [0.1, 0.15) is 25.7 Å². The summed E-state index contributed by atoms with van der Waals surface area (Å²) in [5, 5.41) is 5.49. The van der Waals surface area contributed by atoms with Crippen molar-refractivity contribution in [3.63, 3.8) is 0 Å². The van der Waals surface area contributed by atoms with E-state index in [1.807, 2.05) is 30.3 Å². The summed E-state index contributed by atoms with van der Waals surface area (Å²) in [6.45, 7) is 1.41. The number of ether oxygens (including phenoxy) is 2. The molecule has 242 valence electrons. The topological polar surface area (TPSA) is 201 Å². The van der Waals surface area contributed by atoms with Crippen LogP contribution in [0.5, 0.6) is 0 Å². The van der Waals surface area contributed by atoms with Crippen molar-refractivity contribution in [3.8, 4) is 11.4 Å². The molecule has 16 heteroatoms. The number of H-pyrrole nitrogens is 1. The number of hydrogen-bond acceptors (Lipinski definition) is 10. The highest BCUT2D eigenvalue weighted by Gasteiger charge is 2.50. The number of carbonyl (C=O) groups excluding carboxylic acids is 4. The van der Waals surface area contributed by atoms with Gasteiger partial charge >= 0.3 is 17.6 Å². The molecule has 15 nitrogen and oxygen atoms in total. The quantitative estimate of drug-likeness (QED) is 0.192. The van der Waals surface area contributed by atoms with Gasteiger partial charge in [-0.05, 0) is 31.5 Å². The molecule has 0 spiro atoms. The average Bonchev–Trinajstić information content (AvgIpc) is 3.40. The summed E-state index contributed by atoms with van der Waals surface area (Å²) in [5.41, 5.74) is -1.77. The highest BCUT2D eigenvalue weighted by Crippen LogP contribution is 2.40. The highest BCUT2D eigenvalue weighted by molar-refractivity contribution is 5.91. The molecule has 2 aliphatic heterocycles. The minimum atomic E-state index is -1.98. The number of pyridine rings is 2. The second-order valence-electron chi connectivity index (χ2n) is 11.1. The molecule has 3 aromatic heterocycles. The predicted molar refractivity (Wildman–Crippen MR) is 160 cm³/mol. The molecule has 1 aromatic carbocycles. The van der Waals surface area contributed by atoms with Gasteiger partial charge in [-0.3, -0.25) is 33.5 Å². The van der Waals surface area contributed by atoms with E-state index in [1.165, 1.54) is 11.5 Å².